The number of hydrogen-bond donors (Lipinski definition) is 1. The smallest absolute Gasteiger partial charge is 0.266 e. The van der Waals surface area contributed by atoms with E-state index in [0.29, 0.717) is 33.5 Å². The number of hydrogen-bond acceptors (Lipinski definition) is 5. The maximum absolute atomic E-state index is 13.2. The van der Waals surface area contributed by atoms with E-state index in [1.807, 2.05) is 54.6 Å². The van der Waals surface area contributed by atoms with E-state index in [0.717, 1.165) is 52.5 Å². The fourth-order valence-electron chi connectivity index (χ4n) is 4.53. The van der Waals surface area contributed by atoms with Crippen LogP contribution in [0.1, 0.15) is 40.0 Å². The van der Waals surface area contributed by atoms with Gasteiger partial charge in [-0.05, 0) is 71.9 Å². The normalized spacial score (nSPS) is 12.9. The van der Waals surface area contributed by atoms with Crippen molar-refractivity contribution in [3.8, 4) is 17.9 Å². The molecule has 5 rings (SSSR count). The molecule has 0 bridgehead atoms. The van der Waals surface area contributed by atoms with Crippen LogP contribution in [-0.4, -0.2) is 5.91 Å². The van der Waals surface area contributed by atoms with Gasteiger partial charge in [-0.25, -0.2) is 0 Å². The molecule has 0 aliphatic heterocycles. The number of rotatable bonds is 6. The van der Waals surface area contributed by atoms with Crippen LogP contribution in [0.25, 0.3) is 16.8 Å². The summed E-state index contributed by atoms with van der Waals surface area (Å²) in [5.74, 6) is 0.00711. The predicted molar refractivity (Wildman–Crippen MR) is 148 cm³/mol. The summed E-state index contributed by atoms with van der Waals surface area (Å²) in [6.07, 6.45) is 5.43. The standard InChI is InChI=1S/C30H22ClN3O2S/c31-22-12-9-19(10-13-22)18-36-27-14-11-20-5-1-2-6-23(20)25(27)15-21(16-32)29(35)34-30-26(17-33)24-7-3-4-8-28(24)37-30/h1-2,5-6,9-15H,3-4,7-8,18H2,(H,34,35)/b21-15+. The van der Waals surface area contributed by atoms with Crippen molar-refractivity contribution in [2.24, 2.45) is 0 Å². The highest BCUT2D eigenvalue weighted by molar-refractivity contribution is 7.16. The molecule has 1 N–H and O–H groups in total. The molecule has 1 aliphatic carbocycles. The van der Waals surface area contributed by atoms with Gasteiger partial charge in [0, 0.05) is 15.5 Å². The zero-order valence-electron chi connectivity index (χ0n) is 19.9. The first-order valence-corrected chi connectivity index (χ1v) is 13.1. The van der Waals surface area contributed by atoms with Gasteiger partial charge in [-0.1, -0.05) is 54.1 Å². The maximum atomic E-state index is 13.2. The number of thiophene rings is 1. The van der Waals surface area contributed by atoms with Gasteiger partial charge < -0.3 is 10.1 Å². The Morgan fingerprint density at radius 3 is 2.62 bits per heavy atom. The number of fused-ring (bicyclic) bond motifs is 2. The van der Waals surface area contributed by atoms with E-state index >= 15 is 0 Å². The fourth-order valence-corrected chi connectivity index (χ4v) is 5.89. The summed E-state index contributed by atoms with van der Waals surface area (Å²) in [4.78, 5) is 14.4. The van der Waals surface area contributed by atoms with Gasteiger partial charge in [0.15, 0.2) is 0 Å². The molecule has 0 radical (unpaired) electrons. The minimum atomic E-state index is -0.547. The van der Waals surface area contributed by atoms with E-state index in [2.05, 4.69) is 11.4 Å². The van der Waals surface area contributed by atoms with Gasteiger partial charge in [-0.15, -0.1) is 11.3 Å². The SMILES string of the molecule is N#C/C(=C\c1c(OCc2ccc(Cl)cc2)ccc2ccccc12)C(=O)Nc1sc2c(c1C#N)CCCC2. The third kappa shape index (κ3) is 5.22. The number of nitriles is 2. The minimum absolute atomic E-state index is 0.0667. The Bertz CT molecular complexity index is 1610. The Balaban J connectivity index is 1.49. The van der Waals surface area contributed by atoms with E-state index in [4.69, 9.17) is 16.3 Å². The second-order valence-electron chi connectivity index (χ2n) is 8.76. The highest BCUT2D eigenvalue weighted by Crippen LogP contribution is 2.38. The molecule has 3 aromatic carbocycles. The lowest BCUT2D eigenvalue weighted by atomic mass is 9.96. The summed E-state index contributed by atoms with van der Waals surface area (Å²) in [5.41, 5.74) is 3.06. The molecule has 0 saturated carbocycles. The first-order chi connectivity index (χ1) is 18.1. The molecule has 5 nitrogen and oxygen atoms in total. The number of nitrogens with zero attached hydrogens (tertiary/aromatic N) is 2. The van der Waals surface area contributed by atoms with Crippen LogP contribution < -0.4 is 10.1 Å². The average Bonchev–Trinajstić information content (AvgIpc) is 3.28. The summed E-state index contributed by atoms with van der Waals surface area (Å²) in [5, 5.41) is 25.5. The highest BCUT2D eigenvalue weighted by atomic mass is 35.5. The van der Waals surface area contributed by atoms with Gasteiger partial charge in [-0.2, -0.15) is 10.5 Å². The number of carbonyl (C=O) groups is 1. The summed E-state index contributed by atoms with van der Waals surface area (Å²) >= 11 is 7.43. The topological polar surface area (TPSA) is 85.9 Å². The van der Waals surface area contributed by atoms with Crippen LogP contribution >= 0.6 is 22.9 Å². The third-order valence-electron chi connectivity index (χ3n) is 6.40. The van der Waals surface area contributed by atoms with Crippen molar-refractivity contribution in [3.63, 3.8) is 0 Å². The molecule has 0 fully saturated rings. The van der Waals surface area contributed by atoms with Gasteiger partial charge >= 0.3 is 0 Å². The van der Waals surface area contributed by atoms with Gasteiger partial charge in [-0.3, -0.25) is 4.79 Å². The molecule has 4 aromatic rings. The van der Waals surface area contributed by atoms with Crippen LogP contribution in [0.15, 0.2) is 66.2 Å². The molecule has 0 spiro atoms. The molecule has 1 heterocycles. The largest absolute Gasteiger partial charge is 0.488 e. The lowest BCUT2D eigenvalue weighted by Crippen LogP contribution is -2.13. The second kappa shape index (κ2) is 10.9. The van der Waals surface area contributed by atoms with E-state index in [-0.39, 0.29) is 5.57 Å². The van der Waals surface area contributed by atoms with Crippen LogP contribution in [0.3, 0.4) is 0 Å². The fraction of sp³-hybridized carbons (Fsp3) is 0.167. The van der Waals surface area contributed by atoms with Gasteiger partial charge in [0.05, 0.1) is 5.56 Å². The Labute approximate surface area is 224 Å². The van der Waals surface area contributed by atoms with Crippen LogP contribution in [0.5, 0.6) is 5.75 Å². The molecular weight excluding hydrogens is 502 g/mol. The van der Waals surface area contributed by atoms with Crippen LogP contribution in [0.2, 0.25) is 5.02 Å². The number of carbonyl (C=O) groups excluding carboxylic acids is 1. The lowest BCUT2D eigenvalue weighted by molar-refractivity contribution is -0.112. The predicted octanol–water partition coefficient (Wildman–Crippen LogP) is 7.43. The first kappa shape index (κ1) is 24.6. The molecule has 1 amide bonds. The number of ether oxygens (including phenoxy) is 1. The number of aryl methyl sites for hydroxylation is 1. The summed E-state index contributed by atoms with van der Waals surface area (Å²) in [7, 11) is 0. The Hall–Kier alpha value is -4.10. The van der Waals surface area contributed by atoms with E-state index in [1.54, 1.807) is 18.2 Å². The first-order valence-electron chi connectivity index (χ1n) is 11.9. The summed E-state index contributed by atoms with van der Waals surface area (Å²) < 4.78 is 6.14. The molecule has 7 heteroatoms. The van der Waals surface area contributed by atoms with Crippen molar-refractivity contribution in [3.05, 3.63) is 98.4 Å². The van der Waals surface area contributed by atoms with E-state index in [9.17, 15) is 15.3 Å². The summed E-state index contributed by atoms with van der Waals surface area (Å²) in [6.45, 7) is 0.302. The Kier molecular flexibility index (Phi) is 7.23. The number of anilines is 1. The monoisotopic (exact) mass is 523 g/mol. The van der Waals surface area contributed by atoms with Crippen molar-refractivity contribution in [2.45, 2.75) is 32.3 Å². The number of nitrogens with one attached hydrogen (secondary N) is 1. The molecule has 1 aliphatic rings. The van der Waals surface area contributed by atoms with Gasteiger partial charge in [0.1, 0.15) is 35.1 Å². The van der Waals surface area contributed by atoms with Crippen molar-refractivity contribution in [1.29, 1.82) is 10.5 Å². The lowest BCUT2D eigenvalue weighted by Gasteiger charge is -2.13. The van der Waals surface area contributed by atoms with Crippen LogP contribution in [0, 0.1) is 22.7 Å². The number of amides is 1. The third-order valence-corrected chi connectivity index (χ3v) is 7.86. The molecule has 37 heavy (non-hydrogen) atoms. The minimum Gasteiger partial charge on any atom is -0.488 e. The zero-order chi connectivity index (χ0) is 25.8. The van der Waals surface area contributed by atoms with Crippen LogP contribution in [-0.2, 0) is 24.2 Å². The van der Waals surface area contributed by atoms with Gasteiger partial charge in [0.25, 0.3) is 5.91 Å². The molecule has 0 unspecified atom stereocenters. The maximum Gasteiger partial charge on any atom is 0.266 e. The zero-order valence-corrected chi connectivity index (χ0v) is 21.5. The molecule has 1 aromatic heterocycles. The molecular formula is C30H22ClN3O2S. The van der Waals surface area contributed by atoms with Crippen molar-refractivity contribution in [2.75, 3.05) is 5.32 Å². The molecule has 0 atom stereocenters. The van der Waals surface area contributed by atoms with Crippen molar-refractivity contribution >= 4 is 50.7 Å². The summed E-state index contributed by atoms with van der Waals surface area (Å²) in [6, 6.07) is 23.2. The van der Waals surface area contributed by atoms with Crippen LogP contribution in [0.4, 0.5) is 5.00 Å². The highest BCUT2D eigenvalue weighted by Gasteiger charge is 2.23. The average molecular weight is 524 g/mol. The van der Waals surface area contributed by atoms with Gasteiger partial charge in [0.2, 0.25) is 0 Å². The van der Waals surface area contributed by atoms with E-state index < -0.39 is 5.91 Å². The second-order valence-corrected chi connectivity index (χ2v) is 10.3. The Morgan fingerprint density at radius 1 is 1.05 bits per heavy atom. The number of benzene rings is 3. The molecule has 182 valence electrons. The Morgan fingerprint density at radius 2 is 1.84 bits per heavy atom. The van der Waals surface area contributed by atoms with E-state index in [1.165, 1.54) is 11.3 Å². The van der Waals surface area contributed by atoms with Crippen molar-refractivity contribution in [1.82, 2.24) is 0 Å². The quantitative estimate of drug-likeness (QED) is 0.210. The molecule has 0 saturated heterocycles. The van der Waals surface area contributed by atoms with Crippen molar-refractivity contribution < 1.29 is 9.53 Å². The number of halogens is 1.